The van der Waals surface area contributed by atoms with E-state index < -0.39 is 0 Å². The predicted molar refractivity (Wildman–Crippen MR) is 69.3 cm³/mol. The zero-order valence-electron chi connectivity index (χ0n) is 9.84. The Kier molecular flexibility index (Phi) is 2.41. The summed E-state index contributed by atoms with van der Waals surface area (Å²) in [6.45, 7) is 1.52. The molecular weight excluding hydrogens is 226 g/mol. The summed E-state index contributed by atoms with van der Waals surface area (Å²) >= 11 is 0. The molecular formula is C14H11N3O. The monoisotopic (exact) mass is 237 g/mol. The summed E-state index contributed by atoms with van der Waals surface area (Å²) in [4.78, 5) is 15.6. The Balaban J connectivity index is 2.21. The molecule has 1 aromatic carbocycles. The summed E-state index contributed by atoms with van der Waals surface area (Å²) < 4.78 is 0. The molecule has 0 spiro atoms. The molecule has 0 saturated heterocycles. The third-order valence-electron chi connectivity index (χ3n) is 2.89. The fourth-order valence-corrected chi connectivity index (χ4v) is 2.00. The molecule has 4 heteroatoms. The van der Waals surface area contributed by atoms with Gasteiger partial charge in [-0.2, -0.15) is 5.10 Å². The first-order valence-corrected chi connectivity index (χ1v) is 5.65. The lowest BCUT2D eigenvalue weighted by molar-refractivity contribution is 0.101. The zero-order chi connectivity index (χ0) is 12.5. The zero-order valence-corrected chi connectivity index (χ0v) is 9.84. The molecule has 2 heterocycles. The first-order valence-electron chi connectivity index (χ1n) is 5.65. The number of H-pyrrole nitrogens is 1. The van der Waals surface area contributed by atoms with Crippen LogP contribution in [0.5, 0.6) is 0 Å². The highest BCUT2D eigenvalue weighted by Crippen LogP contribution is 2.24. The molecule has 1 N–H and O–H groups in total. The number of pyridine rings is 1. The van der Waals surface area contributed by atoms with Gasteiger partial charge in [0, 0.05) is 30.3 Å². The molecule has 0 amide bonds. The lowest BCUT2D eigenvalue weighted by atomic mass is 10.0. The molecule has 0 aliphatic rings. The summed E-state index contributed by atoms with van der Waals surface area (Å²) in [5.74, 6) is -0.0374. The van der Waals surface area contributed by atoms with E-state index in [1.807, 2.05) is 30.3 Å². The van der Waals surface area contributed by atoms with E-state index in [0.717, 1.165) is 22.0 Å². The number of aromatic nitrogens is 3. The van der Waals surface area contributed by atoms with Crippen molar-refractivity contribution in [3.05, 3.63) is 48.4 Å². The van der Waals surface area contributed by atoms with Gasteiger partial charge in [0.15, 0.2) is 5.78 Å². The molecule has 3 rings (SSSR count). The van der Waals surface area contributed by atoms with Gasteiger partial charge in [-0.3, -0.25) is 14.9 Å². The second-order valence-electron chi connectivity index (χ2n) is 4.13. The van der Waals surface area contributed by atoms with Crippen LogP contribution >= 0.6 is 0 Å². The summed E-state index contributed by atoms with van der Waals surface area (Å²) in [6.07, 6.45) is 3.54. The average molecular weight is 237 g/mol. The summed E-state index contributed by atoms with van der Waals surface area (Å²) in [5.41, 5.74) is 3.40. The van der Waals surface area contributed by atoms with Crippen molar-refractivity contribution in [1.82, 2.24) is 15.2 Å². The van der Waals surface area contributed by atoms with Crippen LogP contribution in [0.2, 0.25) is 0 Å². The maximum Gasteiger partial charge on any atom is 0.180 e. The van der Waals surface area contributed by atoms with Gasteiger partial charge in [0.1, 0.15) is 5.69 Å². The summed E-state index contributed by atoms with van der Waals surface area (Å²) in [6, 6.07) is 9.76. The first kappa shape index (κ1) is 10.7. The molecule has 0 atom stereocenters. The lowest BCUT2D eigenvalue weighted by Crippen LogP contribution is -1.92. The van der Waals surface area contributed by atoms with E-state index in [2.05, 4.69) is 15.2 Å². The first-order chi connectivity index (χ1) is 8.75. The van der Waals surface area contributed by atoms with Crippen molar-refractivity contribution in [2.75, 3.05) is 0 Å². The Labute approximate surface area is 104 Å². The number of hydrogen-bond donors (Lipinski definition) is 1. The van der Waals surface area contributed by atoms with Crippen LogP contribution in [0, 0.1) is 0 Å². The number of hydrogen-bond acceptors (Lipinski definition) is 3. The van der Waals surface area contributed by atoms with Gasteiger partial charge in [-0.05, 0) is 23.8 Å². The Morgan fingerprint density at radius 3 is 2.83 bits per heavy atom. The van der Waals surface area contributed by atoms with Crippen molar-refractivity contribution in [3.63, 3.8) is 0 Å². The number of fused-ring (bicyclic) bond motifs is 1. The number of nitrogens with zero attached hydrogens (tertiary/aromatic N) is 2. The highest BCUT2D eigenvalue weighted by Gasteiger charge is 2.10. The van der Waals surface area contributed by atoms with Crippen LogP contribution in [0.15, 0.2) is 42.7 Å². The van der Waals surface area contributed by atoms with Gasteiger partial charge in [-0.1, -0.05) is 12.1 Å². The number of carbonyl (C=O) groups is 1. The van der Waals surface area contributed by atoms with Crippen molar-refractivity contribution in [2.45, 2.75) is 6.92 Å². The van der Waals surface area contributed by atoms with Gasteiger partial charge < -0.3 is 0 Å². The van der Waals surface area contributed by atoms with Crippen molar-refractivity contribution < 1.29 is 4.79 Å². The van der Waals surface area contributed by atoms with Crippen LogP contribution < -0.4 is 0 Å². The average Bonchev–Trinajstić information content (AvgIpc) is 2.82. The highest BCUT2D eigenvalue weighted by atomic mass is 16.1. The van der Waals surface area contributed by atoms with Gasteiger partial charge in [0.05, 0.1) is 5.52 Å². The molecule has 0 bridgehead atoms. The summed E-state index contributed by atoms with van der Waals surface area (Å²) in [7, 11) is 0. The number of carbonyl (C=O) groups excluding carboxylic acids is 1. The molecule has 0 fully saturated rings. The molecule has 0 aliphatic heterocycles. The topological polar surface area (TPSA) is 58.6 Å². The van der Waals surface area contributed by atoms with E-state index in [4.69, 9.17) is 0 Å². The van der Waals surface area contributed by atoms with Gasteiger partial charge in [0.2, 0.25) is 0 Å². The fourth-order valence-electron chi connectivity index (χ4n) is 2.00. The largest absolute Gasteiger partial charge is 0.293 e. The van der Waals surface area contributed by atoms with Crippen molar-refractivity contribution in [2.24, 2.45) is 0 Å². The smallest absolute Gasteiger partial charge is 0.180 e. The van der Waals surface area contributed by atoms with Crippen LogP contribution in [0.25, 0.3) is 22.0 Å². The molecule has 0 unspecified atom stereocenters. The molecule has 0 saturated carbocycles. The minimum atomic E-state index is -0.0374. The molecule has 18 heavy (non-hydrogen) atoms. The van der Waals surface area contributed by atoms with Crippen LogP contribution in [-0.2, 0) is 0 Å². The Morgan fingerprint density at radius 1 is 1.22 bits per heavy atom. The summed E-state index contributed by atoms with van der Waals surface area (Å²) in [5, 5.41) is 7.75. The minimum Gasteiger partial charge on any atom is -0.293 e. The van der Waals surface area contributed by atoms with Crippen LogP contribution in [-0.4, -0.2) is 21.0 Å². The number of benzene rings is 1. The number of nitrogens with one attached hydrogen (secondary N) is 1. The SMILES string of the molecule is CC(=O)c1n[nH]c2ccc(-c3cccnc3)cc12. The molecule has 88 valence electrons. The second kappa shape index (κ2) is 4.07. The van der Waals surface area contributed by atoms with Crippen molar-refractivity contribution >= 4 is 16.7 Å². The van der Waals surface area contributed by atoms with Crippen LogP contribution in [0.1, 0.15) is 17.4 Å². The standard InChI is InChI=1S/C14H11N3O/c1-9(18)14-12-7-10(4-5-13(12)16-17-14)11-3-2-6-15-8-11/h2-8H,1H3,(H,16,17). The molecule has 0 radical (unpaired) electrons. The van der Waals surface area contributed by atoms with Gasteiger partial charge >= 0.3 is 0 Å². The minimum absolute atomic E-state index is 0.0374. The van der Waals surface area contributed by atoms with Crippen molar-refractivity contribution in [1.29, 1.82) is 0 Å². The van der Waals surface area contributed by atoms with Crippen LogP contribution in [0.4, 0.5) is 0 Å². The number of rotatable bonds is 2. The number of aromatic amines is 1. The molecule has 4 nitrogen and oxygen atoms in total. The molecule has 3 aromatic rings. The van der Waals surface area contributed by atoms with E-state index in [9.17, 15) is 4.79 Å². The second-order valence-corrected chi connectivity index (χ2v) is 4.13. The Hall–Kier alpha value is -2.49. The fraction of sp³-hybridized carbons (Fsp3) is 0.0714. The van der Waals surface area contributed by atoms with Gasteiger partial charge in [-0.25, -0.2) is 0 Å². The van der Waals surface area contributed by atoms with Gasteiger partial charge in [0.25, 0.3) is 0 Å². The Bertz CT molecular complexity index is 716. The van der Waals surface area contributed by atoms with E-state index >= 15 is 0 Å². The Morgan fingerprint density at radius 2 is 2.11 bits per heavy atom. The maximum absolute atomic E-state index is 11.5. The van der Waals surface area contributed by atoms with Crippen molar-refractivity contribution in [3.8, 4) is 11.1 Å². The van der Waals surface area contributed by atoms with E-state index in [1.54, 1.807) is 12.4 Å². The molecule has 0 aliphatic carbocycles. The normalized spacial score (nSPS) is 10.7. The van der Waals surface area contributed by atoms with E-state index in [1.165, 1.54) is 6.92 Å². The van der Waals surface area contributed by atoms with Crippen LogP contribution in [0.3, 0.4) is 0 Å². The van der Waals surface area contributed by atoms with E-state index in [-0.39, 0.29) is 5.78 Å². The number of Topliss-reactive ketones (excluding diaryl/α,β-unsaturated/α-hetero) is 1. The predicted octanol–water partition coefficient (Wildman–Crippen LogP) is 2.83. The highest BCUT2D eigenvalue weighted by molar-refractivity contribution is 6.05. The quantitative estimate of drug-likeness (QED) is 0.697. The molecule has 2 aromatic heterocycles. The third kappa shape index (κ3) is 1.68. The number of ketones is 1. The maximum atomic E-state index is 11.5. The van der Waals surface area contributed by atoms with E-state index in [0.29, 0.717) is 5.69 Å². The lowest BCUT2D eigenvalue weighted by Gasteiger charge is -2.01. The van der Waals surface area contributed by atoms with Gasteiger partial charge in [-0.15, -0.1) is 0 Å². The third-order valence-corrected chi connectivity index (χ3v) is 2.89.